The number of hydrogen-bond donors (Lipinski definition) is 4. The summed E-state index contributed by atoms with van der Waals surface area (Å²) in [6.07, 6.45) is -1.85. The van der Waals surface area contributed by atoms with E-state index in [9.17, 15) is 24.6 Å². The Balaban J connectivity index is 1.74. The maximum atomic E-state index is 11.9. The Hall–Kier alpha value is -3.16. The largest absolute Gasteiger partial charge is 0.481 e. The number of ketones is 1. The van der Waals surface area contributed by atoms with Crippen LogP contribution in [0, 0.1) is 0 Å². The van der Waals surface area contributed by atoms with E-state index in [1.807, 2.05) is 0 Å². The molecule has 3 rings (SSSR count). The molecule has 0 spiro atoms. The lowest BCUT2D eigenvalue weighted by atomic mass is 10.0. The number of esters is 1. The molecule has 13 heteroatoms. The van der Waals surface area contributed by atoms with Crippen molar-refractivity contribution in [3.63, 3.8) is 0 Å². The number of hydrogen-bond acceptors (Lipinski definition) is 11. The van der Waals surface area contributed by atoms with E-state index in [2.05, 4.69) is 20.3 Å². The zero-order valence-electron chi connectivity index (χ0n) is 18.2. The molecular formula is C20H27N5O8. The number of aliphatic hydroxyl groups is 2. The minimum atomic E-state index is -1.49. The van der Waals surface area contributed by atoms with E-state index >= 15 is 0 Å². The summed E-state index contributed by atoms with van der Waals surface area (Å²) in [5.74, 6) is -1.63. The number of Topliss-reactive ketones (excluding diaryl/α,β-unsaturated/α-hetero) is 1. The molecule has 180 valence electrons. The van der Waals surface area contributed by atoms with Crippen molar-refractivity contribution >= 4 is 34.7 Å². The number of nitrogens with one attached hydrogen (secondary N) is 1. The van der Waals surface area contributed by atoms with Gasteiger partial charge in [0.25, 0.3) is 0 Å². The standard InChI is InChI=1S/C20H27N5O8/c1-10(26)16(32-11(2)27)17-14(30)15(31)20(33-17)25-9-24-13-18(22-8-23-19(13)25)21-7-5-3-4-6-12(28)29/h8-9,14-17,20,30-31H,3-7H2,1-2H3,(H,28,29)(H,21,22,23)/t14-,15+,16?,17-,20+/m0/s1. The summed E-state index contributed by atoms with van der Waals surface area (Å²) in [4.78, 5) is 46.5. The summed E-state index contributed by atoms with van der Waals surface area (Å²) < 4.78 is 12.1. The molecule has 1 aliphatic rings. The number of aromatic nitrogens is 4. The van der Waals surface area contributed by atoms with Crippen molar-refractivity contribution in [2.75, 3.05) is 11.9 Å². The predicted octanol–water partition coefficient (Wildman–Crippen LogP) is 0.0231. The van der Waals surface area contributed by atoms with Gasteiger partial charge in [-0.25, -0.2) is 15.0 Å². The molecule has 0 amide bonds. The monoisotopic (exact) mass is 465 g/mol. The van der Waals surface area contributed by atoms with Gasteiger partial charge in [-0.05, 0) is 19.8 Å². The van der Waals surface area contributed by atoms with Gasteiger partial charge in [0.2, 0.25) is 0 Å². The van der Waals surface area contributed by atoms with Crippen LogP contribution in [0.5, 0.6) is 0 Å². The number of ether oxygens (including phenoxy) is 2. The van der Waals surface area contributed by atoms with Gasteiger partial charge >= 0.3 is 11.9 Å². The lowest BCUT2D eigenvalue weighted by Crippen LogP contribution is -2.44. The molecule has 0 saturated carbocycles. The minimum absolute atomic E-state index is 0.126. The van der Waals surface area contributed by atoms with E-state index in [1.165, 1.54) is 24.1 Å². The summed E-state index contributed by atoms with van der Waals surface area (Å²) in [7, 11) is 0. The van der Waals surface area contributed by atoms with E-state index in [0.29, 0.717) is 29.9 Å². The first-order chi connectivity index (χ1) is 15.7. The molecule has 2 aromatic rings. The maximum Gasteiger partial charge on any atom is 0.303 e. The fraction of sp³-hybridized carbons (Fsp3) is 0.600. The molecule has 0 aliphatic carbocycles. The molecule has 1 aliphatic heterocycles. The average molecular weight is 465 g/mol. The van der Waals surface area contributed by atoms with Crippen LogP contribution in [0.1, 0.15) is 45.8 Å². The quantitative estimate of drug-likeness (QED) is 0.258. The van der Waals surface area contributed by atoms with Crippen LogP contribution in [0.2, 0.25) is 0 Å². The van der Waals surface area contributed by atoms with Gasteiger partial charge in [0.15, 0.2) is 35.1 Å². The summed E-state index contributed by atoms with van der Waals surface area (Å²) >= 11 is 0. The second-order valence-corrected chi connectivity index (χ2v) is 7.79. The van der Waals surface area contributed by atoms with Gasteiger partial charge in [0, 0.05) is 19.9 Å². The lowest BCUT2D eigenvalue weighted by molar-refractivity contribution is -0.166. The second kappa shape index (κ2) is 10.6. The smallest absolute Gasteiger partial charge is 0.303 e. The molecule has 1 unspecified atom stereocenters. The van der Waals surface area contributed by atoms with Crippen molar-refractivity contribution in [2.45, 2.75) is 70.2 Å². The highest BCUT2D eigenvalue weighted by Gasteiger charge is 2.50. The van der Waals surface area contributed by atoms with Gasteiger partial charge < -0.3 is 30.1 Å². The van der Waals surface area contributed by atoms with Gasteiger partial charge in [-0.3, -0.25) is 19.0 Å². The highest BCUT2D eigenvalue weighted by Crippen LogP contribution is 2.34. The molecule has 33 heavy (non-hydrogen) atoms. The van der Waals surface area contributed by atoms with Crippen LogP contribution in [0.15, 0.2) is 12.7 Å². The summed E-state index contributed by atoms with van der Waals surface area (Å²) in [6.45, 7) is 2.87. The molecule has 0 aromatic carbocycles. The Bertz CT molecular complexity index is 1010. The zero-order valence-corrected chi connectivity index (χ0v) is 18.2. The van der Waals surface area contributed by atoms with E-state index in [-0.39, 0.29) is 6.42 Å². The molecule has 4 N–H and O–H groups in total. The number of carboxylic acid groups (broad SMARTS) is 1. The third kappa shape index (κ3) is 5.61. The van der Waals surface area contributed by atoms with Crippen molar-refractivity contribution in [3.05, 3.63) is 12.7 Å². The molecule has 1 fully saturated rings. The number of fused-ring (bicyclic) bond motifs is 1. The van der Waals surface area contributed by atoms with Crippen molar-refractivity contribution in [1.82, 2.24) is 19.5 Å². The molecule has 2 aromatic heterocycles. The van der Waals surface area contributed by atoms with Crippen LogP contribution in [0.4, 0.5) is 5.82 Å². The van der Waals surface area contributed by atoms with Crippen LogP contribution in [0.3, 0.4) is 0 Å². The van der Waals surface area contributed by atoms with Crippen LogP contribution in [-0.2, 0) is 23.9 Å². The molecular weight excluding hydrogens is 438 g/mol. The fourth-order valence-electron chi connectivity index (χ4n) is 3.68. The highest BCUT2D eigenvalue weighted by molar-refractivity contribution is 5.84. The van der Waals surface area contributed by atoms with Crippen molar-refractivity contribution < 1.29 is 39.2 Å². The van der Waals surface area contributed by atoms with Crippen LogP contribution < -0.4 is 5.32 Å². The Labute approximate surface area is 188 Å². The normalized spacial score (nSPS) is 23.4. The number of aliphatic carboxylic acids is 1. The zero-order chi connectivity index (χ0) is 24.1. The van der Waals surface area contributed by atoms with Crippen LogP contribution in [0.25, 0.3) is 11.2 Å². The number of anilines is 1. The predicted molar refractivity (Wildman–Crippen MR) is 112 cm³/mol. The van der Waals surface area contributed by atoms with Crippen molar-refractivity contribution in [1.29, 1.82) is 0 Å². The number of carboxylic acids is 1. The van der Waals surface area contributed by atoms with E-state index in [1.54, 1.807) is 0 Å². The van der Waals surface area contributed by atoms with Crippen LogP contribution in [-0.4, -0.2) is 83.5 Å². The third-order valence-corrected chi connectivity index (χ3v) is 5.26. The Morgan fingerprint density at radius 1 is 1.15 bits per heavy atom. The van der Waals surface area contributed by atoms with E-state index < -0.39 is 48.4 Å². The number of unbranched alkanes of at least 4 members (excludes halogenated alkanes) is 2. The maximum absolute atomic E-state index is 11.9. The fourth-order valence-corrected chi connectivity index (χ4v) is 3.68. The molecule has 0 bridgehead atoms. The SMILES string of the molecule is CC(=O)OC(C(C)=O)[C@H]1O[C@@H](n2cnc3c(NCCCCCC(=O)O)ncnc32)[C@H](O)[C@@H]1O. The Morgan fingerprint density at radius 2 is 1.91 bits per heavy atom. The summed E-state index contributed by atoms with van der Waals surface area (Å²) in [5.41, 5.74) is 0.724. The summed E-state index contributed by atoms with van der Waals surface area (Å²) in [6, 6.07) is 0. The van der Waals surface area contributed by atoms with Crippen LogP contribution >= 0.6 is 0 Å². The second-order valence-electron chi connectivity index (χ2n) is 7.79. The van der Waals surface area contributed by atoms with Gasteiger partial charge in [-0.15, -0.1) is 0 Å². The van der Waals surface area contributed by atoms with Crippen molar-refractivity contribution in [3.8, 4) is 0 Å². The summed E-state index contributed by atoms with van der Waals surface area (Å²) in [5, 5.41) is 32.9. The first-order valence-corrected chi connectivity index (χ1v) is 10.5. The number of carbonyl (C=O) groups is 3. The molecule has 5 atom stereocenters. The number of aliphatic hydroxyl groups excluding tert-OH is 2. The Kier molecular flexibility index (Phi) is 7.89. The first-order valence-electron chi connectivity index (χ1n) is 10.5. The van der Waals surface area contributed by atoms with E-state index in [4.69, 9.17) is 14.6 Å². The average Bonchev–Trinajstić information content (AvgIpc) is 3.30. The first kappa shape index (κ1) is 24.5. The number of rotatable bonds is 11. The van der Waals surface area contributed by atoms with Crippen molar-refractivity contribution in [2.24, 2.45) is 0 Å². The lowest BCUT2D eigenvalue weighted by Gasteiger charge is -2.22. The topological polar surface area (TPSA) is 186 Å². The number of carbonyl (C=O) groups excluding carboxylic acids is 2. The molecule has 3 heterocycles. The highest BCUT2D eigenvalue weighted by atomic mass is 16.6. The Morgan fingerprint density at radius 3 is 2.58 bits per heavy atom. The van der Waals surface area contributed by atoms with Gasteiger partial charge in [-0.1, -0.05) is 6.42 Å². The van der Waals surface area contributed by atoms with Gasteiger partial charge in [0.05, 0.1) is 6.33 Å². The van der Waals surface area contributed by atoms with Gasteiger partial charge in [-0.2, -0.15) is 0 Å². The van der Waals surface area contributed by atoms with E-state index in [0.717, 1.165) is 19.8 Å². The van der Waals surface area contributed by atoms with Gasteiger partial charge in [0.1, 0.15) is 24.6 Å². The number of nitrogens with zero attached hydrogens (tertiary/aromatic N) is 4. The third-order valence-electron chi connectivity index (χ3n) is 5.26. The molecule has 13 nitrogen and oxygen atoms in total. The molecule has 1 saturated heterocycles. The molecule has 0 radical (unpaired) electrons. The minimum Gasteiger partial charge on any atom is -0.481 e. The number of imidazole rings is 1.